The molecule has 0 atom stereocenters. The second-order valence-electron chi connectivity index (χ2n) is 4.52. The molecule has 2 aromatic carbocycles. The van der Waals surface area contributed by atoms with Crippen LogP contribution in [0.4, 0.5) is 5.69 Å². The van der Waals surface area contributed by atoms with Crippen LogP contribution >= 0.6 is 0 Å². The number of benzene rings is 2. The van der Waals surface area contributed by atoms with Gasteiger partial charge >= 0.3 is 0 Å². The molecule has 0 amide bonds. The highest BCUT2D eigenvalue weighted by atomic mass is 16.5. The molecule has 3 rings (SSSR count). The van der Waals surface area contributed by atoms with Crippen LogP contribution in [-0.2, 0) is 6.61 Å². The lowest BCUT2D eigenvalue weighted by Crippen LogP contribution is -1.96. The molecule has 1 aromatic heterocycles. The van der Waals surface area contributed by atoms with Crippen molar-refractivity contribution in [3.63, 3.8) is 0 Å². The van der Waals surface area contributed by atoms with Gasteiger partial charge in [0.15, 0.2) is 11.5 Å². The van der Waals surface area contributed by atoms with Crippen LogP contribution in [-0.4, -0.2) is 12.1 Å². The number of nitrogens with two attached hydrogens (primary N) is 1. The maximum atomic E-state index is 5.93. The van der Waals surface area contributed by atoms with Crippen molar-refractivity contribution in [2.24, 2.45) is 0 Å². The summed E-state index contributed by atoms with van der Waals surface area (Å²) in [4.78, 5) is 3.19. The van der Waals surface area contributed by atoms with Crippen molar-refractivity contribution in [3.05, 3.63) is 54.2 Å². The van der Waals surface area contributed by atoms with Crippen LogP contribution in [0, 0.1) is 0 Å². The highest BCUT2D eigenvalue weighted by Crippen LogP contribution is 2.28. The third kappa shape index (κ3) is 2.16. The number of ether oxygens (including phenoxy) is 2. The molecule has 0 aliphatic rings. The predicted molar refractivity (Wildman–Crippen MR) is 80.0 cm³/mol. The van der Waals surface area contributed by atoms with Crippen molar-refractivity contribution in [1.29, 1.82) is 0 Å². The maximum Gasteiger partial charge on any atom is 0.161 e. The standard InChI is InChI=1S/C16H16N2O2/c1-19-14-7-2-3-8-15(14)20-10-11-9-18-16-12(11)5-4-6-13(16)17/h2-9,18H,10,17H2,1H3. The SMILES string of the molecule is COc1ccccc1OCc1c[nH]c2c(N)cccc12. The van der Waals surface area contributed by atoms with Gasteiger partial charge in [0.05, 0.1) is 18.3 Å². The molecule has 0 saturated carbocycles. The number of anilines is 1. The van der Waals surface area contributed by atoms with Gasteiger partial charge in [-0.15, -0.1) is 0 Å². The van der Waals surface area contributed by atoms with Crippen molar-refractivity contribution < 1.29 is 9.47 Å². The number of rotatable bonds is 4. The van der Waals surface area contributed by atoms with Gasteiger partial charge in [-0.25, -0.2) is 0 Å². The summed E-state index contributed by atoms with van der Waals surface area (Å²) in [5.41, 5.74) is 8.69. The van der Waals surface area contributed by atoms with Gasteiger partial charge in [0.1, 0.15) is 6.61 Å². The third-order valence-electron chi connectivity index (χ3n) is 3.29. The summed E-state index contributed by atoms with van der Waals surface area (Å²) in [6.45, 7) is 0.462. The van der Waals surface area contributed by atoms with E-state index < -0.39 is 0 Å². The molecule has 1 heterocycles. The number of fused-ring (bicyclic) bond motifs is 1. The molecule has 0 saturated heterocycles. The van der Waals surface area contributed by atoms with Gasteiger partial charge < -0.3 is 20.2 Å². The van der Waals surface area contributed by atoms with E-state index in [0.717, 1.165) is 33.7 Å². The zero-order valence-electron chi connectivity index (χ0n) is 11.2. The Bertz CT molecular complexity index is 734. The van der Waals surface area contributed by atoms with Crippen LogP contribution in [0.2, 0.25) is 0 Å². The molecule has 0 spiro atoms. The smallest absolute Gasteiger partial charge is 0.161 e. The number of hydrogen-bond acceptors (Lipinski definition) is 3. The highest BCUT2D eigenvalue weighted by Gasteiger charge is 2.08. The molecular weight excluding hydrogens is 252 g/mol. The summed E-state index contributed by atoms with van der Waals surface area (Å²) < 4.78 is 11.1. The molecule has 0 aliphatic carbocycles. The molecule has 3 aromatic rings. The summed E-state index contributed by atoms with van der Waals surface area (Å²) in [7, 11) is 1.63. The van der Waals surface area contributed by atoms with E-state index in [9.17, 15) is 0 Å². The summed E-state index contributed by atoms with van der Waals surface area (Å²) in [6.07, 6.45) is 1.93. The average Bonchev–Trinajstić information content (AvgIpc) is 2.90. The van der Waals surface area contributed by atoms with Crippen molar-refractivity contribution in [2.75, 3.05) is 12.8 Å². The van der Waals surface area contributed by atoms with Crippen LogP contribution in [0.15, 0.2) is 48.7 Å². The zero-order valence-corrected chi connectivity index (χ0v) is 11.2. The average molecular weight is 268 g/mol. The van der Waals surface area contributed by atoms with Crippen molar-refractivity contribution >= 4 is 16.6 Å². The fourth-order valence-corrected chi connectivity index (χ4v) is 2.25. The first kappa shape index (κ1) is 12.4. The number of aromatic nitrogens is 1. The Balaban J connectivity index is 1.85. The van der Waals surface area contributed by atoms with Crippen molar-refractivity contribution in [2.45, 2.75) is 6.61 Å². The van der Waals surface area contributed by atoms with Crippen LogP contribution in [0.25, 0.3) is 10.9 Å². The predicted octanol–water partition coefficient (Wildman–Crippen LogP) is 3.34. The fraction of sp³-hybridized carbons (Fsp3) is 0.125. The summed E-state index contributed by atoms with van der Waals surface area (Å²) >= 11 is 0. The molecule has 0 bridgehead atoms. The van der Waals surface area contributed by atoms with Gasteiger partial charge in [-0.1, -0.05) is 24.3 Å². The first-order chi connectivity index (χ1) is 9.79. The normalized spacial score (nSPS) is 10.7. The van der Waals surface area contributed by atoms with Crippen molar-refractivity contribution in [1.82, 2.24) is 4.98 Å². The quantitative estimate of drug-likeness (QED) is 0.713. The van der Waals surface area contributed by atoms with Gasteiger partial charge in [-0.3, -0.25) is 0 Å². The molecule has 4 heteroatoms. The highest BCUT2D eigenvalue weighted by molar-refractivity contribution is 5.92. The monoisotopic (exact) mass is 268 g/mol. The molecule has 0 fully saturated rings. The summed E-state index contributed by atoms with van der Waals surface area (Å²) in [6, 6.07) is 13.5. The minimum Gasteiger partial charge on any atom is -0.493 e. The molecule has 4 nitrogen and oxygen atoms in total. The molecule has 20 heavy (non-hydrogen) atoms. The second-order valence-corrected chi connectivity index (χ2v) is 4.52. The van der Waals surface area contributed by atoms with E-state index >= 15 is 0 Å². The van der Waals surface area contributed by atoms with Gasteiger partial charge in [-0.2, -0.15) is 0 Å². The molecule has 102 valence electrons. The topological polar surface area (TPSA) is 60.3 Å². The van der Waals surface area contributed by atoms with Gasteiger partial charge in [0.25, 0.3) is 0 Å². The van der Waals surface area contributed by atoms with Gasteiger partial charge in [0, 0.05) is 17.1 Å². The molecular formula is C16H16N2O2. The molecule has 0 radical (unpaired) electrons. The van der Waals surface area contributed by atoms with Crippen LogP contribution in [0.3, 0.4) is 0 Å². The third-order valence-corrected chi connectivity index (χ3v) is 3.29. The maximum absolute atomic E-state index is 5.93. The Morgan fingerprint density at radius 2 is 1.85 bits per heavy atom. The number of para-hydroxylation sites is 3. The number of nitrogen functional groups attached to an aromatic ring is 1. The van der Waals surface area contributed by atoms with E-state index in [-0.39, 0.29) is 0 Å². The number of aromatic amines is 1. The Kier molecular flexibility index (Phi) is 3.21. The second kappa shape index (κ2) is 5.17. The Hall–Kier alpha value is -2.62. The zero-order chi connectivity index (χ0) is 13.9. The Labute approximate surface area is 117 Å². The van der Waals surface area contributed by atoms with Crippen LogP contribution < -0.4 is 15.2 Å². The molecule has 0 aliphatic heterocycles. The first-order valence-electron chi connectivity index (χ1n) is 6.40. The van der Waals surface area contributed by atoms with E-state index in [2.05, 4.69) is 4.98 Å². The first-order valence-corrected chi connectivity index (χ1v) is 6.40. The number of methoxy groups -OCH3 is 1. The summed E-state index contributed by atoms with van der Waals surface area (Å²) in [5, 5.41) is 1.08. The minimum absolute atomic E-state index is 0.462. The van der Waals surface area contributed by atoms with E-state index in [1.165, 1.54) is 0 Å². The fourth-order valence-electron chi connectivity index (χ4n) is 2.25. The van der Waals surface area contributed by atoms with E-state index in [1.807, 2.05) is 48.7 Å². The Morgan fingerprint density at radius 1 is 1.05 bits per heavy atom. The molecule has 0 unspecified atom stereocenters. The lowest BCUT2D eigenvalue weighted by Gasteiger charge is -2.09. The molecule has 3 N–H and O–H groups in total. The minimum atomic E-state index is 0.462. The van der Waals surface area contributed by atoms with E-state index in [0.29, 0.717) is 6.61 Å². The van der Waals surface area contributed by atoms with Gasteiger partial charge in [-0.05, 0) is 18.2 Å². The largest absolute Gasteiger partial charge is 0.493 e. The lowest BCUT2D eigenvalue weighted by atomic mass is 10.1. The Morgan fingerprint density at radius 3 is 2.65 bits per heavy atom. The number of nitrogens with one attached hydrogen (secondary N) is 1. The van der Waals surface area contributed by atoms with Gasteiger partial charge in [0.2, 0.25) is 0 Å². The van der Waals surface area contributed by atoms with Crippen LogP contribution in [0.5, 0.6) is 11.5 Å². The van der Waals surface area contributed by atoms with Crippen LogP contribution in [0.1, 0.15) is 5.56 Å². The van der Waals surface area contributed by atoms with Crippen molar-refractivity contribution in [3.8, 4) is 11.5 Å². The number of H-pyrrole nitrogens is 1. The number of hydrogen-bond donors (Lipinski definition) is 2. The lowest BCUT2D eigenvalue weighted by molar-refractivity contribution is 0.285. The van der Waals surface area contributed by atoms with E-state index in [1.54, 1.807) is 7.11 Å². The summed E-state index contributed by atoms with van der Waals surface area (Å²) in [5.74, 6) is 1.46. The van der Waals surface area contributed by atoms with E-state index in [4.69, 9.17) is 15.2 Å².